The van der Waals surface area contributed by atoms with E-state index in [0.29, 0.717) is 37.8 Å². The van der Waals surface area contributed by atoms with Gasteiger partial charge in [0.25, 0.3) is 5.91 Å². The molecule has 0 bridgehead atoms. The standard InChI is InChI=1S/C24H26N6O4/c1-30(14-13-25-15-20-18-5-3-4-6-19(18)24(32)28-27-20)22(31)12-11-21-26-23(29-34-21)16-7-9-17(33-2)10-8-16/h3-10,19,25H,11-15H2,1-2H3. The molecule has 2 heterocycles. The van der Waals surface area contributed by atoms with Gasteiger partial charge in [0, 0.05) is 45.1 Å². The van der Waals surface area contributed by atoms with Gasteiger partial charge in [-0.25, -0.2) is 0 Å². The van der Waals surface area contributed by atoms with E-state index in [2.05, 4.69) is 25.7 Å². The van der Waals surface area contributed by atoms with Crippen LogP contribution in [0, 0.1) is 5.92 Å². The summed E-state index contributed by atoms with van der Waals surface area (Å²) in [6, 6.07) is 7.36. The molecule has 10 heteroatoms. The van der Waals surface area contributed by atoms with Crippen LogP contribution in [0.25, 0.3) is 11.4 Å². The molecule has 4 rings (SSSR count). The summed E-state index contributed by atoms with van der Waals surface area (Å²) >= 11 is 0. The quantitative estimate of drug-likeness (QED) is 0.539. The number of aryl methyl sites for hydroxylation is 1. The van der Waals surface area contributed by atoms with Crippen LogP contribution in [-0.4, -0.2) is 60.6 Å². The molecule has 10 nitrogen and oxygen atoms in total. The molecule has 2 aliphatic rings. The highest BCUT2D eigenvalue weighted by atomic mass is 16.5. The van der Waals surface area contributed by atoms with E-state index in [9.17, 15) is 9.59 Å². The third kappa shape index (κ3) is 5.52. The Morgan fingerprint density at radius 2 is 2.03 bits per heavy atom. The zero-order valence-corrected chi connectivity index (χ0v) is 19.1. The first-order chi connectivity index (χ1) is 16.5. The number of likely N-dealkylation sites (N-methyl/N-ethyl adjacent to an activating group) is 1. The van der Waals surface area contributed by atoms with Crippen molar-refractivity contribution in [1.29, 1.82) is 0 Å². The summed E-state index contributed by atoms with van der Waals surface area (Å²) in [7, 11) is 3.36. The van der Waals surface area contributed by atoms with Crippen LogP contribution in [0.2, 0.25) is 0 Å². The highest BCUT2D eigenvalue weighted by Crippen LogP contribution is 2.28. The maximum absolute atomic E-state index is 12.5. The Balaban J connectivity index is 1.20. The molecule has 1 aromatic heterocycles. The first kappa shape index (κ1) is 23.2. The van der Waals surface area contributed by atoms with Gasteiger partial charge >= 0.3 is 0 Å². The molecule has 1 atom stereocenters. The lowest BCUT2D eigenvalue weighted by Crippen LogP contribution is -2.35. The molecule has 34 heavy (non-hydrogen) atoms. The SMILES string of the molecule is COc1ccc(-c2noc(CCC(=O)N(C)CCNCC3=C4C=CC=CC4C(=O)N=N3)n2)cc1. The number of benzene rings is 1. The van der Waals surface area contributed by atoms with Gasteiger partial charge in [0.15, 0.2) is 0 Å². The zero-order valence-electron chi connectivity index (χ0n) is 19.1. The second kappa shape index (κ2) is 10.8. The number of nitrogens with zero attached hydrogens (tertiary/aromatic N) is 5. The number of hydrogen-bond donors (Lipinski definition) is 1. The van der Waals surface area contributed by atoms with Crippen molar-refractivity contribution in [3.8, 4) is 17.1 Å². The molecule has 0 saturated heterocycles. The zero-order chi connectivity index (χ0) is 23.9. The second-order valence-electron chi connectivity index (χ2n) is 7.89. The lowest BCUT2D eigenvalue weighted by atomic mass is 9.91. The number of aromatic nitrogens is 2. The normalized spacial score (nSPS) is 16.6. The molecule has 1 unspecified atom stereocenters. The molecule has 0 saturated carbocycles. The summed E-state index contributed by atoms with van der Waals surface area (Å²) in [6.07, 6.45) is 8.08. The largest absolute Gasteiger partial charge is 0.497 e. The number of methoxy groups -OCH3 is 1. The highest BCUT2D eigenvalue weighted by molar-refractivity contribution is 5.86. The number of amides is 2. The van der Waals surface area contributed by atoms with Gasteiger partial charge in [-0.2, -0.15) is 10.1 Å². The van der Waals surface area contributed by atoms with Crippen molar-refractivity contribution in [2.45, 2.75) is 12.8 Å². The van der Waals surface area contributed by atoms with E-state index in [0.717, 1.165) is 22.6 Å². The molecule has 0 radical (unpaired) electrons. The van der Waals surface area contributed by atoms with Crippen molar-refractivity contribution in [2.75, 3.05) is 33.8 Å². The van der Waals surface area contributed by atoms with Crippen molar-refractivity contribution in [2.24, 2.45) is 16.1 Å². The lowest BCUT2D eigenvalue weighted by molar-refractivity contribution is -0.129. The van der Waals surface area contributed by atoms with E-state index in [4.69, 9.17) is 9.26 Å². The lowest BCUT2D eigenvalue weighted by Gasteiger charge is -2.20. The Hall–Kier alpha value is -3.92. The molecular weight excluding hydrogens is 436 g/mol. The minimum absolute atomic E-state index is 0.0172. The minimum Gasteiger partial charge on any atom is -0.497 e. The van der Waals surface area contributed by atoms with Crippen molar-refractivity contribution >= 4 is 11.8 Å². The molecule has 1 aliphatic heterocycles. The van der Waals surface area contributed by atoms with Crippen LogP contribution in [-0.2, 0) is 16.0 Å². The fourth-order valence-electron chi connectivity index (χ4n) is 3.60. The topological polar surface area (TPSA) is 122 Å². The average molecular weight is 463 g/mol. The Morgan fingerprint density at radius 3 is 2.82 bits per heavy atom. The van der Waals surface area contributed by atoms with Gasteiger partial charge in [0.05, 0.1) is 18.7 Å². The Bertz CT molecular complexity index is 1160. The molecule has 1 N–H and O–H groups in total. The van der Waals surface area contributed by atoms with Crippen LogP contribution in [0.4, 0.5) is 0 Å². The maximum atomic E-state index is 12.5. The van der Waals surface area contributed by atoms with Gasteiger partial charge in [-0.1, -0.05) is 29.5 Å². The van der Waals surface area contributed by atoms with Crippen LogP contribution in [0.15, 0.2) is 74.6 Å². The van der Waals surface area contributed by atoms with Crippen LogP contribution in [0.1, 0.15) is 12.3 Å². The fourth-order valence-corrected chi connectivity index (χ4v) is 3.60. The molecule has 2 amide bonds. The van der Waals surface area contributed by atoms with Crippen LogP contribution >= 0.6 is 0 Å². The summed E-state index contributed by atoms with van der Waals surface area (Å²) < 4.78 is 10.4. The Labute approximate surface area is 197 Å². The van der Waals surface area contributed by atoms with Gasteiger partial charge in [-0.15, -0.1) is 5.11 Å². The molecule has 0 spiro atoms. The number of allylic oxidation sites excluding steroid dienone is 3. The first-order valence-electron chi connectivity index (χ1n) is 11.0. The predicted molar refractivity (Wildman–Crippen MR) is 124 cm³/mol. The summed E-state index contributed by atoms with van der Waals surface area (Å²) in [6.45, 7) is 1.57. The number of azo groups is 1. The smallest absolute Gasteiger partial charge is 0.275 e. The second-order valence-corrected chi connectivity index (χ2v) is 7.89. The summed E-state index contributed by atoms with van der Waals surface area (Å²) in [5, 5.41) is 15.0. The van der Waals surface area contributed by atoms with Gasteiger partial charge in [-0.05, 0) is 29.8 Å². The van der Waals surface area contributed by atoms with Gasteiger partial charge in [0.2, 0.25) is 17.6 Å². The van der Waals surface area contributed by atoms with Crippen molar-refractivity contribution in [3.05, 3.63) is 65.7 Å². The van der Waals surface area contributed by atoms with E-state index in [1.54, 1.807) is 19.1 Å². The van der Waals surface area contributed by atoms with Crippen molar-refractivity contribution < 1.29 is 18.8 Å². The number of fused-ring (bicyclic) bond motifs is 1. The Morgan fingerprint density at radius 1 is 1.21 bits per heavy atom. The van der Waals surface area contributed by atoms with E-state index < -0.39 is 0 Å². The molecule has 1 aromatic carbocycles. The van der Waals surface area contributed by atoms with Crippen LogP contribution in [0.3, 0.4) is 0 Å². The first-order valence-corrected chi connectivity index (χ1v) is 11.0. The number of ether oxygens (including phenoxy) is 1. The summed E-state index contributed by atoms with van der Waals surface area (Å²) in [5.41, 5.74) is 2.42. The molecule has 1 aliphatic carbocycles. The average Bonchev–Trinajstić information content (AvgIpc) is 3.35. The number of hydrogen-bond acceptors (Lipinski definition) is 8. The summed E-state index contributed by atoms with van der Waals surface area (Å²) in [5.74, 6) is 1.03. The van der Waals surface area contributed by atoms with E-state index in [-0.39, 0.29) is 24.2 Å². The number of rotatable bonds is 10. The number of carbonyl (C=O) groups excluding carboxylic acids is 2. The third-order valence-corrected chi connectivity index (χ3v) is 5.61. The monoisotopic (exact) mass is 462 g/mol. The summed E-state index contributed by atoms with van der Waals surface area (Å²) in [4.78, 5) is 30.4. The molecule has 2 aromatic rings. The number of carbonyl (C=O) groups is 2. The van der Waals surface area contributed by atoms with E-state index >= 15 is 0 Å². The minimum atomic E-state index is -0.349. The van der Waals surface area contributed by atoms with Gasteiger partial charge < -0.3 is 19.5 Å². The Kier molecular flexibility index (Phi) is 7.38. The highest BCUT2D eigenvalue weighted by Gasteiger charge is 2.26. The molecule has 0 fully saturated rings. The number of nitrogens with one attached hydrogen (secondary N) is 1. The van der Waals surface area contributed by atoms with Crippen LogP contribution < -0.4 is 10.1 Å². The van der Waals surface area contributed by atoms with E-state index in [1.807, 2.05) is 48.6 Å². The van der Waals surface area contributed by atoms with Crippen molar-refractivity contribution in [3.63, 3.8) is 0 Å². The molecular formula is C24H26N6O4. The molecule has 176 valence electrons. The third-order valence-electron chi connectivity index (χ3n) is 5.61. The van der Waals surface area contributed by atoms with E-state index in [1.165, 1.54) is 0 Å². The van der Waals surface area contributed by atoms with Crippen LogP contribution in [0.5, 0.6) is 5.75 Å². The predicted octanol–water partition coefficient (Wildman–Crippen LogP) is 2.71. The van der Waals surface area contributed by atoms with Crippen molar-refractivity contribution in [1.82, 2.24) is 20.4 Å². The van der Waals surface area contributed by atoms with Gasteiger partial charge in [0.1, 0.15) is 5.75 Å². The maximum Gasteiger partial charge on any atom is 0.275 e. The van der Waals surface area contributed by atoms with Gasteiger partial charge in [-0.3, -0.25) is 9.59 Å². The fraction of sp³-hybridized carbons (Fsp3) is 0.333.